The Morgan fingerprint density at radius 2 is 1.81 bits per heavy atom. The van der Waals surface area contributed by atoms with Gasteiger partial charge in [0, 0.05) is 25.7 Å². The highest BCUT2D eigenvalue weighted by atomic mass is 16.5. The molecule has 8 heteroatoms. The zero-order valence-electron chi connectivity index (χ0n) is 21.0. The molecule has 5 atom stereocenters. The Hall–Kier alpha value is -2.45. The zero-order valence-corrected chi connectivity index (χ0v) is 21.0. The number of ether oxygens (including phenoxy) is 1. The van der Waals surface area contributed by atoms with Crippen LogP contribution in [0.3, 0.4) is 0 Å². The third-order valence-electron chi connectivity index (χ3n) is 8.67. The average Bonchev–Trinajstić information content (AvgIpc) is 3.54. The Morgan fingerprint density at radius 3 is 2.56 bits per heavy atom. The standard InChI is InChI=1S/C28H39N3O5/c32-17-9-3-8-16-31-24(26(34)30-20-12-6-2-7-13-20)28-15-14-21(36-28)22(23(28)27(31)35)25(33)29-18-19-10-4-1-5-11-19/h1,4-5,10-11,20-24,32H,2-3,6-9,12-18H2,(H,29,33)(H,30,34)/t21-,22+,23+,24?,28?/m1/s1. The average molecular weight is 498 g/mol. The van der Waals surface area contributed by atoms with Crippen LogP contribution in [0, 0.1) is 11.8 Å². The van der Waals surface area contributed by atoms with Crippen LogP contribution in [0.15, 0.2) is 30.3 Å². The number of rotatable bonds is 10. The summed E-state index contributed by atoms with van der Waals surface area (Å²) >= 11 is 0. The summed E-state index contributed by atoms with van der Waals surface area (Å²) in [7, 11) is 0. The molecule has 3 saturated heterocycles. The minimum absolute atomic E-state index is 0.112. The second-order valence-electron chi connectivity index (χ2n) is 10.9. The predicted molar refractivity (Wildman–Crippen MR) is 134 cm³/mol. The molecule has 5 rings (SSSR count). The van der Waals surface area contributed by atoms with Gasteiger partial charge < -0.3 is 25.4 Å². The first kappa shape index (κ1) is 25.2. The molecule has 2 bridgehead atoms. The van der Waals surface area contributed by atoms with Crippen LogP contribution in [0.1, 0.15) is 69.8 Å². The van der Waals surface area contributed by atoms with Crippen molar-refractivity contribution in [3.63, 3.8) is 0 Å². The molecule has 1 spiro atoms. The van der Waals surface area contributed by atoms with Gasteiger partial charge in [0.05, 0.1) is 17.9 Å². The van der Waals surface area contributed by atoms with Crippen LogP contribution in [0.5, 0.6) is 0 Å². The number of aliphatic hydroxyl groups excluding tert-OH is 1. The third-order valence-corrected chi connectivity index (χ3v) is 8.67. The van der Waals surface area contributed by atoms with Gasteiger partial charge in [-0.25, -0.2) is 0 Å². The number of aliphatic hydroxyl groups is 1. The van der Waals surface area contributed by atoms with Crippen LogP contribution >= 0.6 is 0 Å². The van der Waals surface area contributed by atoms with E-state index >= 15 is 0 Å². The lowest BCUT2D eigenvalue weighted by Crippen LogP contribution is -2.57. The Balaban J connectivity index is 1.36. The molecule has 0 radical (unpaired) electrons. The smallest absolute Gasteiger partial charge is 0.246 e. The van der Waals surface area contributed by atoms with Crippen LogP contribution in [-0.2, 0) is 25.7 Å². The van der Waals surface area contributed by atoms with Crippen molar-refractivity contribution >= 4 is 17.7 Å². The van der Waals surface area contributed by atoms with Crippen molar-refractivity contribution in [3.8, 4) is 0 Å². The zero-order chi connectivity index (χ0) is 25.1. The first-order valence-electron chi connectivity index (χ1n) is 13.8. The summed E-state index contributed by atoms with van der Waals surface area (Å²) in [6.45, 7) is 0.944. The number of nitrogens with zero attached hydrogens (tertiary/aromatic N) is 1. The predicted octanol–water partition coefficient (Wildman–Crippen LogP) is 2.29. The summed E-state index contributed by atoms with van der Waals surface area (Å²) in [6.07, 6.45) is 8.45. The highest BCUT2D eigenvalue weighted by molar-refractivity contribution is 5.99. The number of carbonyl (C=O) groups excluding carboxylic acids is 3. The molecule has 4 fully saturated rings. The van der Waals surface area contributed by atoms with Gasteiger partial charge in [-0.05, 0) is 50.5 Å². The molecular weight excluding hydrogens is 458 g/mol. The van der Waals surface area contributed by atoms with Gasteiger partial charge in [-0.1, -0.05) is 49.6 Å². The highest BCUT2D eigenvalue weighted by Gasteiger charge is 2.74. The van der Waals surface area contributed by atoms with Gasteiger partial charge in [0.1, 0.15) is 11.6 Å². The molecule has 3 heterocycles. The Kier molecular flexibility index (Phi) is 7.62. The number of fused-ring (bicyclic) bond motifs is 1. The van der Waals surface area contributed by atoms with E-state index in [9.17, 15) is 14.4 Å². The van der Waals surface area contributed by atoms with Crippen LogP contribution in [0.25, 0.3) is 0 Å². The fourth-order valence-corrected chi connectivity index (χ4v) is 6.99. The van der Waals surface area contributed by atoms with Gasteiger partial charge in [-0.15, -0.1) is 0 Å². The fraction of sp³-hybridized carbons (Fsp3) is 0.679. The van der Waals surface area contributed by atoms with E-state index in [0.29, 0.717) is 38.8 Å². The summed E-state index contributed by atoms with van der Waals surface area (Å²) in [4.78, 5) is 42.7. The maximum Gasteiger partial charge on any atom is 0.246 e. The minimum Gasteiger partial charge on any atom is -0.396 e. The van der Waals surface area contributed by atoms with Gasteiger partial charge in [0.2, 0.25) is 17.7 Å². The lowest BCUT2D eigenvalue weighted by atomic mass is 9.70. The van der Waals surface area contributed by atoms with Gasteiger partial charge in [-0.2, -0.15) is 0 Å². The number of benzene rings is 1. The molecule has 196 valence electrons. The third kappa shape index (κ3) is 4.65. The molecule has 1 aromatic rings. The maximum absolute atomic E-state index is 13.9. The number of unbranched alkanes of at least 4 members (excludes halogenated alkanes) is 2. The van der Waals surface area contributed by atoms with Crippen molar-refractivity contribution in [2.24, 2.45) is 11.8 Å². The van der Waals surface area contributed by atoms with Gasteiger partial charge in [-0.3, -0.25) is 14.4 Å². The van der Waals surface area contributed by atoms with E-state index in [4.69, 9.17) is 9.84 Å². The molecule has 1 aromatic carbocycles. The molecule has 1 saturated carbocycles. The van der Waals surface area contributed by atoms with E-state index < -0.39 is 23.5 Å². The van der Waals surface area contributed by atoms with Crippen molar-refractivity contribution in [1.29, 1.82) is 0 Å². The molecule has 4 aliphatic rings. The summed E-state index contributed by atoms with van der Waals surface area (Å²) in [5.41, 5.74) is 0.0595. The number of amides is 3. The maximum atomic E-state index is 13.9. The normalized spacial score (nSPS) is 31.5. The van der Waals surface area contributed by atoms with E-state index in [1.165, 1.54) is 6.42 Å². The molecule has 3 N–H and O–H groups in total. The summed E-state index contributed by atoms with van der Waals surface area (Å²) in [5, 5.41) is 15.4. The van der Waals surface area contributed by atoms with Crippen LogP contribution in [-0.4, -0.2) is 64.7 Å². The molecule has 2 unspecified atom stereocenters. The molecule has 36 heavy (non-hydrogen) atoms. The lowest BCUT2D eigenvalue weighted by Gasteiger charge is -2.35. The Bertz CT molecular complexity index is 950. The second kappa shape index (κ2) is 10.9. The van der Waals surface area contributed by atoms with Gasteiger partial charge in [0.25, 0.3) is 0 Å². The summed E-state index contributed by atoms with van der Waals surface area (Å²) in [5.74, 6) is -1.65. The Morgan fingerprint density at radius 1 is 1.03 bits per heavy atom. The second-order valence-corrected chi connectivity index (χ2v) is 10.9. The highest BCUT2D eigenvalue weighted by Crippen LogP contribution is 2.58. The van der Waals surface area contributed by atoms with Crippen molar-refractivity contribution in [2.45, 2.75) is 94.5 Å². The number of carbonyl (C=O) groups is 3. The quantitative estimate of drug-likeness (QED) is 0.430. The molecule has 8 nitrogen and oxygen atoms in total. The first-order chi connectivity index (χ1) is 17.5. The Labute approximate surface area is 213 Å². The molecule has 1 aliphatic carbocycles. The number of nitrogens with one attached hydrogen (secondary N) is 2. The first-order valence-corrected chi connectivity index (χ1v) is 13.8. The van der Waals surface area contributed by atoms with Crippen molar-refractivity contribution < 1.29 is 24.2 Å². The van der Waals surface area contributed by atoms with E-state index in [-0.39, 0.29) is 36.5 Å². The fourth-order valence-electron chi connectivity index (χ4n) is 6.99. The van der Waals surface area contributed by atoms with E-state index in [1.807, 2.05) is 30.3 Å². The molecule has 3 amide bonds. The molecule has 0 aromatic heterocycles. The lowest BCUT2D eigenvalue weighted by molar-refractivity contribution is -0.142. The SMILES string of the molecule is O=C(NC1CCCCC1)C1N(CCCCCO)C(=O)[C@@H]2[C@@H](C(=O)NCc3ccccc3)[C@H]3CCC12O3. The van der Waals surface area contributed by atoms with Crippen LogP contribution < -0.4 is 10.6 Å². The van der Waals surface area contributed by atoms with Crippen LogP contribution in [0.2, 0.25) is 0 Å². The van der Waals surface area contributed by atoms with Gasteiger partial charge in [0.15, 0.2) is 0 Å². The van der Waals surface area contributed by atoms with E-state index in [1.54, 1.807) is 4.90 Å². The van der Waals surface area contributed by atoms with Crippen molar-refractivity contribution in [1.82, 2.24) is 15.5 Å². The number of hydrogen-bond acceptors (Lipinski definition) is 5. The van der Waals surface area contributed by atoms with Gasteiger partial charge >= 0.3 is 0 Å². The number of hydrogen-bond donors (Lipinski definition) is 3. The topological polar surface area (TPSA) is 108 Å². The van der Waals surface area contributed by atoms with Crippen molar-refractivity contribution in [3.05, 3.63) is 35.9 Å². The minimum atomic E-state index is -0.938. The molecular formula is C28H39N3O5. The molecule has 3 aliphatic heterocycles. The van der Waals surface area contributed by atoms with E-state index in [2.05, 4.69) is 10.6 Å². The summed E-state index contributed by atoms with van der Waals surface area (Å²) < 4.78 is 6.50. The monoisotopic (exact) mass is 497 g/mol. The van der Waals surface area contributed by atoms with E-state index in [0.717, 1.165) is 37.7 Å². The van der Waals surface area contributed by atoms with Crippen LogP contribution in [0.4, 0.5) is 0 Å². The summed E-state index contributed by atoms with van der Waals surface area (Å²) in [6, 6.07) is 9.14. The number of likely N-dealkylation sites (tertiary alicyclic amines) is 1. The van der Waals surface area contributed by atoms with Crippen molar-refractivity contribution in [2.75, 3.05) is 13.2 Å². The largest absolute Gasteiger partial charge is 0.396 e.